The molecule has 0 spiro atoms. The van der Waals surface area contributed by atoms with Gasteiger partial charge in [0.25, 0.3) is 5.91 Å². The largest absolute Gasteiger partial charge is 0.416 e. The topological polar surface area (TPSA) is 107 Å². The fraction of sp³-hybridized carbons (Fsp3) is 0.308. The average Bonchev–Trinajstić information content (AvgIpc) is 3.60. The predicted molar refractivity (Wildman–Crippen MR) is 137 cm³/mol. The van der Waals surface area contributed by atoms with Crippen molar-refractivity contribution in [2.45, 2.75) is 32.5 Å². The van der Waals surface area contributed by atoms with Crippen molar-refractivity contribution in [2.24, 2.45) is 12.8 Å². The van der Waals surface area contributed by atoms with Gasteiger partial charge in [-0.15, -0.1) is 5.10 Å². The number of aryl methyl sites for hydroxylation is 2. The Bertz CT molecular complexity index is 1510. The van der Waals surface area contributed by atoms with Crippen LogP contribution in [0, 0.1) is 13.8 Å². The average molecular weight is 525 g/mol. The van der Waals surface area contributed by atoms with Gasteiger partial charge in [0.1, 0.15) is 5.69 Å². The van der Waals surface area contributed by atoms with E-state index in [0.29, 0.717) is 36.6 Å². The number of aromatic nitrogens is 5. The van der Waals surface area contributed by atoms with Gasteiger partial charge in [0.05, 0.1) is 23.6 Å². The molecule has 12 heteroatoms. The summed E-state index contributed by atoms with van der Waals surface area (Å²) in [6.07, 6.45) is -0.423. The maximum Gasteiger partial charge on any atom is 0.416 e. The molecule has 0 unspecified atom stereocenters. The summed E-state index contributed by atoms with van der Waals surface area (Å²) in [4.78, 5) is 14.9. The Balaban J connectivity index is 1.43. The van der Waals surface area contributed by atoms with E-state index in [1.165, 1.54) is 0 Å². The molecule has 2 aromatic heterocycles. The first kappa shape index (κ1) is 25.5. The third-order valence-electron chi connectivity index (χ3n) is 6.82. The van der Waals surface area contributed by atoms with Crippen molar-refractivity contribution < 1.29 is 18.0 Å². The standard InChI is InChI=1S/C26H27F3N8O/c1-15-4-5-17(8-24(15)37-14-23(33-34-37)22-12-31-35(3)16(22)2)25(38)32-20-9-18(26(27,28)29)10-21(11-20)36-7-6-19(30)13-36/h4-5,8-12,14,19H,6-7,13,30H2,1-3H3,(H,32,38)/t19-/m1/s1. The van der Waals surface area contributed by atoms with Crippen LogP contribution in [0.5, 0.6) is 0 Å². The highest BCUT2D eigenvalue weighted by Gasteiger charge is 2.32. The molecule has 9 nitrogen and oxygen atoms in total. The van der Waals surface area contributed by atoms with Gasteiger partial charge in [-0.3, -0.25) is 9.48 Å². The lowest BCUT2D eigenvalue weighted by Crippen LogP contribution is -2.26. The van der Waals surface area contributed by atoms with Crippen molar-refractivity contribution in [2.75, 3.05) is 23.3 Å². The molecule has 198 valence electrons. The molecule has 5 rings (SSSR count). The highest BCUT2D eigenvalue weighted by molar-refractivity contribution is 6.05. The molecule has 1 saturated heterocycles. The van der Waals surface area contributed by atoms with Crippen molar-refractivity contribution in [1.82, 2.24) is 24.8 Å². The smallest absolute Gasteiger partial charge is 0.370 e. The van der Waals surface area contributed by atoms with E-state index in [0.717, 1.165) is 29.0 Å². The molecule has 0 bridgehead atoms. The van der Waals surface area contributed by atoms with E-state index in [1.54, 1.807) is 50.9 Å². The van der Waals surface area contributed by atoms with Gasteiger partial charge >= 0.3 is 6.18 Å². The first-order chi connectivity index (χ1) is 18.0. The van der Waals surface area contributed by atoms with Crippen molar-refractivity contribution in [3.8, 4) is 16.9 Å². The number of hydrogen-bond acceptors (Lipinski definition) is 6. The van der Waals surface area contributed by atoms with E-state index < -0.39 is 17.6 Å². The Morgan fingerprint density at radius 2 is 1.95 bits per heavy atom. The number of nitrogens with zero attached hydrogens (tertiary/aromatic N) is 6. The molecule has 0 saturated carbocycles. The van der Waals surface area contributed by atoms with Gasteiger partial charge in [-0.2, -0.15) is 18.3 Å². The molecule has 0 aliphatic carbocycles. The molecule has 2 aromatic carbocycles. The van der Waals surface area contributed by atoms with Crippen LogP contribution in [-0.4, -0.2) is 49.8 Å². The summed E-state index contributed by atoms with van der Waals surface area (Å²) >= 11 is 0. The molecule has 1 amide bonds. The number of rotatable bonds is 5. The van der Waals surface area contributed by atoms with Crippen molar-refractivity contribution in [3.05, 3.63) is 71.2 Å². The molecule has 1 fully saturated rings. The highest BCUT2D eigenvalue weighted by atomic mass is 19.4. The zero-order valence-electron chi connectivity index (χ0n) is 21.1. The molecule has 1 aliphatic heterocycles. The van der Waals surface area contributed by atoms with E-state index in [2.05, 4.69) is 20.7 Å². The Morgan fingerprint density at radius 1 is 1.16 bits per heavy atom. The zero-order chi connectivity index (χ0) is 27.2. The number of halogens is 3. The summed E-state index contributed by atoms with van der Waals surface area (Å²) in [6.45, 7) is 4.80. The van der Waals surface area contributed by atoms with Crippen LogP contribution in [0.25, 0.3) is 16.9 Å². The molecule has 1 aliphatic rings. The predicted octanol–water partition coefficient (Wildman–Crippen LogP) is 4.09. The van der Waals surface area contributed by atoms with Crippen LogP contribution < -0.4 is 16.0 Å². The van der Waals surface area contributed by atoms with Crippen LogP contribution in [0.4, 0.5) is 24.5 Å². The zero-order valence-corrected chi connectivity index (χ0v) is 21.1. The number of nitrogens with two attached hydrogens (primary N) is 1. The van der Waals surface area contributed by atoms with Crippen molar-refractivity contribution in [1.29, 1.82) is 0 Å². The summed E-state index contributed by atoms with van der Waals surface area (Å²) in [7, 11) is 1.84. The quantitative estimate of drug-likeness (QED) is 0.407. The van der Waals surface area contributed by atoms with E-state index in [-0.39, 0.29) is 17.3 Å². The van der Waals surface area contributed by atoms with Crippen LogP contribution in [0.3, 0.4) is 0 Å². The molecular weight excluding hydrogens is 497 g/mol. The van der Waals surface area contributed by atoms with E-state index >= 15 is 0 Å². The molecule has 4 aromatic rings. The van der Waals surface area contributed by atoms with Gasteiger partial charge in [0.15, 0.2) is 0 Å². The number of carbonyl (C=O) groups is 1. The van der Waals surface area contributed by atoms with Gasteiger partial charge in [-0.25, -0.2) is 4.68 Å². The third kappa shape index (κ3) is 4.99. The minimum Gasteiger partial charge on any atom is -0.370 e. The highest BCUT2D eigenvalue weighted by Crippen LogP contribution is 2.35. The normalized spacial score (nSPS) is 15.8. The summed E-state index contributed by atoms with van der Waals surface area (Å²) in [6, 6.07) is 8.46. The van der Waals surface area contributed by atoms with E-state index in [4.69, 9.17) is 5.73 Å². The van der Waals surface area contributed by atoms with E-state index in [9.17, 15) is 18.0 Å². The molecule has 3 heterocycles. The van der Waals surface area contributed by atoms with Gasteiger partial charge in [-0.1, -0.05) is 11.3 Å². The van der Waals surface area contributed by atoms with Crippen LogP contribution in [-0.2, 0) is 13.2 Å². The Morgan fingerprint density at radius 3 is 2.61 bits per heavy atom. The SMILES string of the molecule is Cc1ccc(C(=O)Nc2cc(N3CC[C@@H](N)C3)cc(C(F)(F)F)c2)cc1-n1cc(-c2cnn(C)c2C)nn1. The van der Waals surface area contributed by atoms with Gasteiger partial charge in [-0.05, 0) is 56.2 Å². The van der Waals surface area contributed by atoms with Crippen LogP contribution >= 0.6 is 0 Å². The van der Waals surface area contributed by atoms with Crippen LogP contribution in [0.2, 0.25) is 0 Å². The Kier molecular flexibility index (Phi) is 6.43. The van der Waals surface area contributed by atoms with Crippen molar-refractivity contribution >= 4 is 17.3 Å². The monoisotopic (exact) mass is 524 g/mol. The van der Waals surface area contributed by atoms with E-state index in [1.807, 2.05) is 20.9 Å². The second kappa shape index (κ2) is 9.60. The number of anilines is 2. The maximum atomic E-state index is 13.6. The Hall–Kier alpha value is -4.19. The lowest BCUT2D eigenvalue weighted by Gasteiger charge is -2.21. The van der Waals surface area contributed by atoms with Crippen molar-refractivity contribution in [3.63, 3.8) is 0 Å². The number of hydrogen-bond donors (Lipinski definition) is 2. The fourth-order valence-electron chi connectivity index (χ4n) is 4.51. The lowest BCUT2D eigenvalue weighted by molar-refractivity contribution is -0.137. The Labute approximate surface area is 217 Å². The molecule has 38 heavy (non-hydrogen) atoms. The van der Waals surface area contributed by atoms with Crippen LogP contribution in [0.1, 0.15) is 33.6 Å². The third-order valence-corrected chi connectivity index (χ3v) is 6.82. The second-order valence-electron chi connectivity index (χ2n) is 9.53. The molecule has 3 N–H and O–H groups in total. The minimum absolute atomic E-state index is 0.0533. The molecular formula is C26H27F3N8O. The first-order valence-electron chi connectivity index (χ1n) is 12.1. The van der Waals surface area contributed by atoms with Gasteiger partial charge in [0.2, 0.25) is 0 Å². The fourth-order valence-corrected chi connectivity index (χ4v) is 4.51. The maximum absolute atomic E-state index is 13.6. The number of benzene rings is 2. The summed E-state index contributed by atoms with van der Waals surface area (Å²) < 4.78 is 44.2. The van der Waals surface area contributed by atoms with Crippen LogP contribution in [0.15, 0.2) is 48.8 Å². The number of nitrogens with one attached hydrogen (secondary N) is 1. The molecule has 0 radical (unpaired) electrons. The second-order valence-corrected chi connectivity index (χ2v) is 9.53. The number of amides is 1. The number of alkyl halides is 3. The lowest BCUT2D eigenvalue weighted by atomic mass is 10.1. The summed E-state index contributed by atoms with van der Waals surface area (Å²) in [5.74, 6) is -0.543. The van der Waals surface area contributed by atoms with Gasteiger partial charge in [0, 0.05) is 54.4 Å². The number of carbonyl (C=O) groups excluding carboxylic acids is 1. The molecule has 1 atom stereocenters. The minimum atomic E-state index is -4.56. The summed E-state index contributed by atoms with van der Waals surface area (Å²) in [5.41, 5.74) is 9.65. The summed E-state index contributed by atoms with van der Waals surface area (Å²) in [5, 5.41) is 15.3. The first-order valence-corrected chi connectivity index (χ1v) is 12.1. The van der Waals surface area contributed by atoms with Gasteiger partial charge < -0.3 is 16.0 Å².